The number of rotatable bonds is 3. The highest BCUT2D eigenvalue weighted by atomic mass is 127. The maximum absolute atomic E-state index is 12.4. The average molecular weight is 487 g/mol. The van der Waals surface area contributed by atoms with Gasteiger partial charge in [-0.05, 0) is 81.3 Å². The lowest BCUT2D eigenvalue weighted by atomic mass is 10.2. The van der Waals surface area contributed by atoms with Crippen LogP contribution in [0.3, 0.4) is 0 Å². The van der Waals surface area contributed by atoms with Gasteiger partial charge in [-0.2, -0.15) is 0 Å². The summed E-state index contributed by atoms with van der Waals surface area (Å²) in [7, 11) is -3.64. The van der Waals surface area contributed by atoms with E-state index in [1.807, 2.05) is 29.5 Å². The van der Waals surface area contributed by atoms with Crippen LogP contribution in [0.25, 0.3) is 0 Å². The first-order valence-corrected chi connectivity index (χ1v) is 9.27. The van der Waals surface area contributed by atoms with E-state index < -0.39 is 10.0 Å². The highest BCUT2D eigenvalue weighted by Crippen LogP contribution is 2.28. The lowest BCUT2D eigenvalue weighted by molar-refractivity contribution is 0.600. The summed E-state index contributed by atoms with van der Waals surface area (Å²) < 4.78 is 28.6. The van der Waals surface area contributed by atoms with Crippen molar-refractivity contribution in [2.45, 2.75) is 11.8 Å². The van der Waals surface area contributed by atoms with Crippen LogP contribution in [0.5, 0.6) is 0 Å². The first-order chi connectivity index (χ1) is 9.29. The predicted molar refractivity (Wildman–Crippen MR) is 93.9 cm³/mol. The third-order valence-electron chi connectivity index (χ3n) is 2.55. The van der Waals surface area contributed by atoms with Crippen molar-refractivity contribution >= 4 is 65.8 Å². The van der Waals surface area contributed by atoms with Crippen LogP contribution in [0.15, 0.2) is 45.8 Å². The van der Waals surface area contributed by atoms with Crippen LogP contribution >= 0.6 is 50.1 Å². The molecule has 7 heteroatoms. The Bertz CT molecular complexity index is 765. The van der Waals surface area contributed by atoms with E-state index in [-0.39, 0.29) is 4.90 Å². The smallest absolute Gasteiger partial charge is 0.263 e. The molecule has 0 unspecified atom stereocenters. The second-order valence-electron chi connectivity index (χ2n) is 4.16. The van der Waals surface area contributed by atoms with Gasteiger partial charge in [-0.1, -0.05) is 17.7 Å². The Kier molecular flexibility index (Phi) is 4.99. The van der Waals surface area contributed by atoms with Crippen LogP contribution in [0, 0.1) is 10.5 Å². The molecule has 0 bridgehead atoms. The van der Waals surface area contributed by atoms with Crippen LogP contribution in [0.4, 0.5) is 5.69 Å². The van der Waals surface area contributed by atoms with Gasteiger partial charge in [-0.15, -0.1) is 0 Å². The Hall–Kier alpha value is -0.310. The summed E-state index contributed by atoms with van der Waals surface area (Å²) in [5, 5.41) is 0.564. The van der Waals surface area contributed by atoms with Crippen molar-refractivity contribution in [2.24, 2.45) is 0 Å². The highest BCUT2D eigenvalue weighted by Gasteiger charge is 2.18. The maximum Gasteiger partial charge on any atom is 0.263 e. The van der Waals surface area contributed by atoms with E-state index in [1.54, 1.807) is 36.4 Å². The standard InChI is InChI=1S/C13H10BrClINO2S/c1-8-2-5-13(10(14)6-8)20(18,19)17-12-4-3-9(15)7-11(12)16/h2-7,17H,1H3. The molecule has 0 atom stereocenters. The van der Waals surface area contributed by atoms with Crippen molar-refractivity contribution in [3.05, 3.63) is 55.0 Å². The van der Waals surface area contributed by atoms with E-state index in [2.05, 4.69) is 20.7 Å². The minimum absolute atomic E-state index is 0.203. The van der Waals surface area contributed by atoms with Gasteiger partial charge in [0.25, 0.3) is 10.0 Å². The van der Waals surface area contributed by atoms with Crippen molar-refractivity contribution in [1.29, 1.82) is 0 Å². The average Bonchev–Trinajstić information content (AvgIpc) is 2.32. The third kappa shape index (κ3) is 3.66. The summed E-state index contributed by atoms with van der Waals surface area (Å²) in [6.45, 7) is 1.90. The summed E-state index contributed by atoms with van der Waals surface area (Å²) in [4.78, 5) is 0.203. The number of hydrogen-bond donors (Lipinski definition) is 1. The first kappa shape index (κ1) is 16.1. The fraction of sp³-hybridized carbons (Fsp3) is 0.0769. The number of halogens is 3. The van der Waals surface area contributed by atoms with E-state index >= 15 is 0 Å². The molecular weight excluding hydrogens is 476 g/mol. The van der Waals surface area contributed by atoms with Gasteiger partial charge in [0.1, 0.15) is 4.90 Å². The molecule has 106 valence electrons. The van der Waals surface area contributed by atoms with Gasteiger partial charge in [0.05, 0.1) is 5.69 Å². The van der Waals surface area contributed by atoms with Crippen molar-refractivity contribution in [3.63, 3.8) is 0 Å². The molecule has 0 aromatic heterocycles. The number of sulfonamides is 1. The van der Waals surface area contributed by atoms with Crippen molar-refractivity contribution in [2.75, 3.05) is 4.72 Å². The van der Waals surface area contributed by atoms with Crippen LogP contribution in [-0.2, 0) is 10.0 Å². The molecular formula is C13H10BrClINO2S. The van der Waals surface area contributed by atoms with Crippen LogP contribution in [0.1, 0.15) is 5.56 Å². The molecule has 0 fully saturated rings. The Morgan fingerprint density at radius 2 is 1.90 bits per heavy atom. The zero-order chi connectivity index (χ0) is 14.9. The summed E-state index contributed by atoms with van der Waals surface area (Å²) >= 11 is 11.2. The summed E-state index contributed by atoms with van der Waals surface area (Å²) in [6.07, 6.45) is 0. The zero-order valence-electron chi connectivity index (χ0n) is 10.3. The molecule has 2 aromatic rings. The first-order valence-electron chi connectivity index (χ1n) is 5.53. The second kappa shape index (κ2) is 6.21. The molecule has 0 amide bonds. The molecule has 0 saturated carbocycles. The Labute approximate surface area is 145 Å². The zero-order valence-corrected chi connectivity index (χ0v) is 15.6. The Balaban J connectivity index is 2.41. The predicted octanol–water partition coefficient (Wildman–Crippen LogP) is 4.82. The van der Waals surface area contributed by atoms with Gasteiger partial charge >= 0.3 is 0 Å². The Morgan fingerprint density at radius 3 is 2.50 bits per heavy atom. The van der Waals surface area contributed by atoms with E-state index in [0.717, 1.165) is 9.13 Å². The summed E-state index contributed by atoms with van der Waals surface area (Å²) in [5.74, 6) is 0. The van der Waals surface area contributed by atoms with Gasteiger partial charge < -0.3 is 0 Å². The minimum Gasteiger partial charge on any atom is -0.279 e. The number of aryl methyl sites for hydroxylation is 1. The molecule has 2 rings (SSSR count). The van der Waals surface area contributed by atoms with Crippen molar-refractivity contribution in [3.8, 4) is 0 Å². The van der Waals surface area contributed by atoms with Crippen molar-refractivity contribution in [1.82, 2.24) is 0 Å². The molecule has 0 spiro atoms. The van der Waals surface area contributed by atoms with E-state index in [4.69, 9.17) is 11.6 Å². The van der Waals surface area contributed by atoms with Gasteiger partial charge in [0.15, 0.2) is 0 Å². The number of nitrogens with one attached hydrogen (secondary N) is 1. The number of hydrogen-bond acceptors (Lipinski definition) is 2. The van der Waals surface area contributed by atoms with Gasteiger partial charge in [-0.3, -0.25) is 4.72 Å². The molecule has 2 aromatic carbocycles. The van der Waals surface area contributed by atoms with Crippen LogP contribution < -0.4 is 4.72 Å². The maximum atomic E-state index is 12.4. The van der Waals surface area contributed by atoms with E-state index in [9.17, 15) is 8.42 Å². The minimum atomic E-state index is -3.64. The monoisotopic (exact) mass is 485 g/mol. The summed E-state index contributed by atoms with van der Waals surface area (Å²) in [5.41, 5.74) is 1.49. The Morgan fingerprint density at radius 1 is 1.20 bits per heavy atom. The van der Waals surface area contributed by atoms with Crippen LogP contribution in [0.2, 0.25) is 5.02 Å². The van der Waals surface area contributed by atoms with E-state index in [0.29, 0.717) is 15.2 Å². The van der Waals surface area contributed by atoms with Gasteiger partial charge in [0.2, 0.25) is 0 Å². The highest BCUT2D eigenvalue weighted by molar-refractivity contribution is 14.1. The fourth-order valence-electron chi connectivity index (χ4n) is 1.60. The summed E-state index contributed by atoms with van der Waals surface area (Å²) in [6, 6.07) is 10.1. The fourth-order valence-corrected chi connectivity index (χ4v) is 5.06. The molecule has 0 radical (unpaired) electrons. The quantitative estimate of drug-likeness (QED) is 0.633. The van der Waals surface area contributed by atoms with Crippen LogP contribution in [-0.4, -0.2) is 8.42 Å². The number of benzene rings is 2. The lowest BCUT2D eigenvalue weighted by Gasteiger charge is -2.11. The molecule has 0 heterocycles. The molecule has 20 heavy (non-hydrogen) atoms. The van der Waals surface area contributed by atoms with Crippen molar-refractivity contribution < 1.29 is 8.42 Å². The lowest BCUT2D eigenvalue weighted by Crippen LogP contribution is -2.14. The molecule has 0 aliphatic heterocycles. The van der Waals surface area contributed by atoms with Gasteiger partial charge in [-0.25, -0.2) is 8.42 Å². The molecule has 0 aliphatic carbocycles. The molecule has 0 aliphatic rings. The second-order valence-corrected chi connectivity index (χ2v) is 8.27. The SMILES string of the molecule is Cc1ccc(S(=O)(=O)Nc2ccc(Cl)cc2I)c(Br)c1. The normalized spacial score (nSPS) is 11.4. The topological polar surface area (TPSA) is 46.2 Å². The van der Waals surface area contributed by atoms with Gasteiger partial charge in [0, 0.05) is 13.1 Å². The molecule has 3 nitrogen and oxygen atoms in total. The largest absolute Gasteiger partial charge is 0.279 e. The molecule has 1 N–H and O–H groups in total. The third-order valence-corrected chi connectivity index (χ3v) is 6.02. The number of anilines is 1. The molecule has 0 saturated heterocycles. The van der Waals surface area contributed by atoms with E-state index in [1.165, 1.54) is 0 Å².